The van der Waals surface area contributed by atoms with Gasteiger partial charge in [0.05, 0.1) is 25.5 Å². The van der Waals surface area contributed by atoms with E-state index in [4.69, 9.17) is 44.9 Å². The van der Waals surface area contributed by atoms with E-state index in [0.717, 1.165) is 11.3 Å². The lowest BCUT2D eigenvalue weighted by Crippen LogP contribution is -2.23. The summed E-state index contributed by atoms with van der Waals surface area (Å²) < 4.78 is 10.4. The molecule has 0 unspecified atom stereocenters. The van der Waals surface area contributed by atoms with Gasteiger partial charge in [-0.3, -0.25) is 5.43 Å². The standard InChI is InChI=1S/C16H15Cl2N3O2S/c1-22-14-6-5-12(8-15(14)23-2)20-16(24)21-19-9-10-3-4-11(17)7-13(10)18/h3-9H,1-2H3,(H2,20,21,24)/b19-9-. The van der Waals surface area contributed by atoms with E-state index in [9.17, 15) is 0 Å². The Labute approximate surface area is 155 Å². The number of hydrazone groups is 1. The summed E-state index contributed by atoms with van der Waals surface area (Å²) in [5.41, 5.74) is 4.18. The van der Waals surface area contributed by atoms with E-state index in [1.165, 1.54) is 0 Å². The normalized spacial score (nSPS) is 10.5. The molecule has 0 bridgehead atoms. The second-order valence-electron chi connectivity index (χ2n) is 4.56. The van der Waals surface area contributed by atoms with Crippen LogP contribution in [0.25, 0.3) is 0 Å². The topological polar surface area (TPSA) is 54.9 Å². The molecule has 0 aromatic heterocycles. The van der Waals surface area contributed by atoms with Crippen molar-refractivity contribution in [1.82, 2.24) is 5.43 Å². The minimum Gasteiger partial charge on any atom is -0.493 e. The van der Waals surface area contributed by atoms with Crippen molar-refractivity contribution in [3.8, 4) is 11.5 Å². The Morgan fingerprint density at radius 1 is 1.08 bits per heavy atom. The van der Waals surface area contributed by atoms with Crippen LogP contribution in [0.3, 0.4) is 0 Å². The predicted octanol–water partition coefficient (Wildman–Crippen LogP) is 4.33. The van der Waals surface area contributed by atoms with Crippen molar-refractivity contribution in [3.63, 3.8) is 0 Å². The minimum atomic E-state index is 0.323. The first-order valence-corrected chi connectivity index (χ1v) is 7.97. The van der Waals surface area contributed by atoms with Crippen molar-refractivity contribution in [2.24, 2.45) is 5.10 Å². The first-order valence-electron chi connectivity index (χ1n) is 6.80. The van der Waals surface area contributed by atoms with Gasteiger partial charge in [-0.15, -0.1) is 0 Å². The molecule has 0 radical (unpaired) electrons. The van der Waals surface area contributed by atoms with Crippen LogP contribution in [0.5, 0.6) is 11.5 Å². The zero-order valence-electron chi connectivity index (χ0n) is 13.0. The number of nitrogens with one attached hydrogen (secondary N) is 2. The van der Waals surface area contributed by atoms with Crippen LogP contribution >= 0.6 is 35.4 Å². The van der Waals surface area contributed by atoms with Crippen LogP contribution < -0.4 is 20.2 Å². The Hall–Kier alpha value is -2.02. The lowest BCUT2D eigenvalue weighted by Gasteiger charge is -2.11. The monoisotopic (exact) mass is 383 g/mol. The highest BCUT2D eigenvalue weighted by atomic mass is 35.5. The van der Waals surface area contributed by atoms with Crippen LogP contribution in [0.2, 0.25) is 10.0 Å². The summed E-state index contributed by atoms with van der Waals surface area (Å²) in [6, 6.07) is 10.5. The largest absolute Gasteiger partial charge is 0.493 e. The summed E-state index contributed by atoms with van der Waals surface area (Å²) >= 11 is 17.1. The lowest BCUT2D eigenvalue weighted by molar-refractivity contribution is 0.355. The van der Waals surface area contributed by atoms with Crippen LogP contribution in [0.4, 0.5) is 5.69 Å². The van der Waals surface area contributed by atoms with Crippen LogP contribution in [-0.4, -0.2) is 25.5 Å². The molecule has 8 heteroatoms. The van der Waals surface area contributed by atoms with Crippen molar-refractivity contribution in [2.45, 2.75) is 0 Å². The fourth-order valence-corrected chi connectivity index (χ4v) is 2.47. The van der Waals surface area contributed by atoms with Gasteiger partial charge in [0, 0.05) is 22.3 Å². The summed E-state index contributed by atoms with van der Waals surface area (Å²) in [5.74, 6) is 1.24. The first kappa shape index (κ1) is 18.3. The molecule has 0 amide bonds. The number of thiocarbonyl (C=S) groups is 1. The zero-order valence-corrected chi connectivity index (χ0v) is 15.3. The maximum atomic E-state index is 6.06. The zero-order chi connectivity index (χ0) is 17.5. The van der Waals surface area contributed by atoms with Gasteiger partial charge >= 0.3 is 0 Å². The Morgan fingerprint density at radius 3 is 2.50 bits per heavy atom. The van der Waals surface area contributed by atoms with Gasteiger partial charge in [-0.25, -0.2) is 0 Å². The van der Waals surface area contributed by atoms with E-state index in [2.05, 4.69) is 15.8 Å². The molecule has 2 aromatic carbocycles. The molecule has 2 N–H and O–H groups in total. The van der Waals surface area contributed by atoms with Crippen molar-refractivity contribution in [3.05, 3.63) is 52.0 Å². The molecule has 24 heavy (non-hydrogen) atoms. The second kappa shape index (κ2) is 8.73. The Balaban J connectivity index is 1.97. The summed E-state index contributed by atoms with van der Waals surface area (Å²) in [6.07, 6.45) is 1.56. The molecule has 0 aliphatic rings. The highest BCUT2D eigenvalue weighted by Gasteiger charge is 2.05. The highest BCUT2D eigenvalue weighted by molar-refractivity contribution is 7.80. The molecule has 5 nitrogen and oxygen atoms in total. The van der Waals surface area contributed by atoms with Crippen LogP contribution in [-0.2, 0) is 0 Å². The molecule has 0 heterocycles. The number of hydrogen-bond acceptors (Lipinski definition) is 4. The van der Waals surface area contributed by atoms with Gasteiger partial charge in [0.1, 0.15) is 0 Å². The maximum absolute atomic E-state index is 6.06. The molecule has 0 atom stereocenters. The molecular formula is C16H15Cl2N3O2S. The SMILES string of the molecule is COc1ccc(NC(=S)N/N=C\c2ccc(Cl)cc2Cl)cc1OC. The average Bonchev–Trinajstić information content (AvgIpc) is 2.56. The van der Waals surface area contributed by atoms with Crippen LogP contribution in [0.15, 0.2) is 41.5 Å². The molecule has 126 valence electrons. The lowest BCUT2D eigenvalue weighted by atomic mass is 10.2. The fraction of sp³-hybridized carbons (Fsp3) is 0.125. The molecule has 0 aliphatic heterocycles. The number of ether oxygens (including phenoxy) is 2. The first-order chi connectivity index (χ1) is 11.5. The Morgan fingerprint density at radius 2 is 1.83 bits per heavy atom. The van der Waals surface area contributed by atoms with Crippen molar-refractivity contribution in [1.29, 1.82) is 0 Å². The number of methoxy groups -OCH3 is 2. The van der Waals surface area contributed by atoms with Crippen LogP contribution in [0.1, 0.15) is 5.56 Å². The molecule has 0 spiro atoms. The van der Waals surface area contributed by atoms with Gasteiger partial charge in [-0.1, -0.05) is 29.3 Å². The number of halogens is 2. The minimum absolute atomic E-state index is 0.323. The third-order valence-electron chi connectivity index (χ3n) is 2.97. The summed E-state index contributed by atoms with van der Waals surface area (Å²) in [4.78, 5) is 0. The van der Waals surface area contributed by atoms with Gasteiger partial charge in [0.25, 0.3) is 0 Å². The molecular weight excluding hydrogens is 369 g/mol. The van der Waals surface area contributed by atoms with Gasteiger partial charge < -0.3 is 14.8 Å². The van der Waals surface area contributed by atoms with E-state index >= 15 is 0 Å². The van der Waals surface area contributed by atoms with E-state index in [1.54, 1.807) is 50.8 Å². The number of anilines is 1. The molecule has 0 aliphatic carbocycles. The summed E-state index contributed by atoms with van der Waals surface area (Å²) in [5, 5.41) is 8.43. The van der Waals surface area contributed by atoms with E-state index < -0.39 is 0 Å². The number of benzene rings is 2. The Bertz CT molecular complexity index is 769. The number of hydrogen-bond donors (Lipinski definition) is 2. The average molecular weight is 384 g/mol. The van der Waals surface area contributed by atoms with Gasteiger partial charge in [-0.05, 0) is 36.5 Å². The van der Waals surface area contributed by atoms with Crippen molar-refractivity contribution >= 4 is 52.4 Å². The van der Waals surface area contributed by atoms with Crippen LogP contribution in [0, 0.1) is 0 Å². The quantitative estimate of drug-likeness (QED) is 0.457. The maximum Gasteiger partial charge on any atom is 0.191 e. The summed E-state index contributed by atoms with van der Waals surface area (Å²) in [6.45, 7) is 0. The van der Waals surface area contributed by atoms with Crippen molar-refractivity contribution in [2.75, 3.05) is 19.5 Å². The van der Waals surface area contributed by atoms with Gasteiger partial charge in [0.2, 0.25) is 0 Å². The number of nitrogens with zero attached hydrogens (tertiary/aromatic N) is 1. The highest BCUT2D eigenvalue weighted by Crippen LogP contribution is 2.29. The second-order valence-corrected chi connectivity index (χ2v) is 5.81. The smallest absolute Gasteiger partial charge is 0.191 e. The molecule has 0 saturated heterocycles. The molecule has 2 aromatic rings. The van der Waals surface area contributed by atoms with Gasteiger partial charge in [-0.2, -0.15) is 5.10 Å². The van der Waals surface area contributed by atoms with Crippen molar-refractivity contribution < 1.29 is 9.47 Å². The van der Waals surface area contributed by atoms with E-state index in [1.807, 2.05) is 6.07 Å². The fourth-order valence-electron chi connectivity index (χ4n) is 1.84. The third-order valence-corrected chi connectivity index (χ3v) is 3.73. The van der Waals surface area contributed by atoms with E-state index in [0.29, 0.717) is 26.7 Å². The summed E-state index contributed by atoms with van der Waals surface area (Å²) in [7, 11) is 3.14. The predicted molar refractivity (Wildman–Crippen MR) is 103 cm³/mol. The molecule has 0 saturated carbocycles. The van der Waals surface area contributed by atoms with Gasteiger partial charge in [0.15, 0.2) is 16.6 Å². The Kier molecular flexibility index (Phi) is 6.66. The molecule has 0 fully saturated rings. The van der Waals surface area contributed by atoms with E-state index in [-0.39, 0.29) is 0 Å². The molecule has 2 rings (SSSR count). The number of rotatable bonds is 5. The third kappa shape index (κ3) is 4.99.